The van der Waals surface area contributed by atoms with E-state index in [9.17, 15) is 4.79 Å². The number of halogens is 1. The molecule has 1 aromatic rings. The predicted molar refractivity (Wildman–Crippen MR) is 64.8 cm³/mol. The van der Waals surface area contributed by atoms with Gasteiger partial charge in [0.2, 0.25) is 0 Å². The van der Waals surface area contributed by atoms with Gasteiger partial charge in [-0.1, -0.05) is 13.8 Å². The van der Waals surface area contributed by atoms with Gasteiger partial charge in [-0.05, 0) is 46.2 Å². The summed E-state index contributed by atoms with van der Waals surface area (Å²) in [6, 6.07) is 0. The Morgan fingerprint density at radius 2 is 2.20 bits per heavy atom. The first-order chi connectivity index (χ1) is 6.91. The van der Waals surface area contributed by atoms with Gasteiger partial charge in [-0.25, -0.2) is 4.79 Å². The van der Waals surface area contributed by atoms with Crippen LogP contribution in [-0.2, 0) is 12.8 Å². The molecule has 0 saturated carbocycles. The van der Waals surface area contributed by atoms with E-state index in [-0.39, 0.29) is 0 Å². The minimum absolute atomic E-state index is 0.313. The van der Waals surface area contributed by atoms with E-state index in [0.29, 0.717) is 11.0 Å². The quantitative estimate of drug-likeness (QED) is 0.855. The van der Waals surface area contributed by atoms with Gasteiger partial charge < -0.3 is 5.11 Å². The minimum atomic E-state index is -0.806. The van der Waals surface area contributed by atoms with Crippen molar-refractivity contribution in [1.29, 1.82) is 0 Å². The van der Waals surface area contributed by atoms with E-state index in [2.05, 4.69) is 29.8 Å². The third kappa shape index (κ3) is 1.97. The fraction of sp³-hybridized carbons (Fsp3) is 0.545. The van der Waals surface area contributed by atoms with Crippen LogP contribution >= 0.6 is 27.3 Å². The Labute approximate surface area is 101 Å². The maximum Gasteiger partial charge on any atom is 0.338 e. The molecule has 15 heavy (non-hydrogen) atoms. The number of fused-ring (bicyclic) bond motifs is 1. The highest BCUT2D eigenvalue weighted by atomic mass is 79.9. The van der Waals surface area contributed by atoms with Crippen molar-refractivity contribution in [2.24, 2.45) is 5.41 Å². The molecule has 0 spiro atoms. The summed E-state index contributed by atoms with van der Waals surface area (Å²) in [7, 11) is 0. The maximum absolute atomic E-state index is 11.1. The normalized spacial score (nSPS) is 18.6. The SMILES string of the molecule is CC1(C)CCc2c(sc(Br)c2C(=O)O)C1. The van der Waals surface area contributed by atoms with Crippen LogP contribution in [0.4, 0.5) is 0 Å². The highest BCUT2D eigenvalue weighted by Crippen LogP contribution is 2.43. The number of carboxylic acid groups (broad SMARTS) is 1. The lowest BCUT2D eigenvalue weighted by Gasteiger charge is -2.29. The van der Waals surface area contributed by atoms with Gasteiger partial charge in [0.15, 0.2) is 0 Å². The standard InChI is InChI=1S/C11H13BrO2S/c1-11(2)4-3-6-7(5-11)15-9(12)8(6)10(13)14/h3-5H2,1-2H3,(H,13,14). The summed E-state index contributed by atoms with van der Waals surface area (Å²) < 4.78 is 0.776. The Morgan fingerprint density at radius 3 is 2.80 bits per heavy atom. The molecule has 1 heterocycles. The monoisotopic (exact) mass is 288 g/mol. The van der Waals surface area contributed by atoms with Crippen LogP contribution in [0.1, 0.15) is 41.1 Å². The largest absolute Gasteiger partial charge is 0.478 e. The van der Waals surface area contributed by atoms with Gasteiger partial charge in [-0.2, -0.15) is 0 Å². The summed E-state index contributed by atoms with van der Waals surface area (Å²) in [5, 5.41) is 9.12. The fourth-order valence-electron chi connectivity index (χ4n) is 2.09. The molecule has 82 valence electrons. The second kappa shape index (κ2) is 3.59. The molecule has 0 unspecified atom stereocenters. The van der Waals surface area contributed by atoms with Crippen molar-refractivity contribution in [3.8, 4) is 0 Å². The number of carboxylic acids is 1. The molecule has 0 fully saturated rings. The van der Waals surface area contributed by atoms with E-state index < -0.39 is 5.97 Å². The highest BCUT2D eigenvalue weighted by molar-refractivity contribution is 9.11. The third-order valence-electron chi connectivity index (χ3n) is 2.95. The van der Waals surface area contributed by atoms with Crippen molar-refractivity contribution in [2.75, 3.05) is 0 Å². The Balaban J connectivity index is 2.48. The van der Waals surface area contributed by atoms with Gasteiger partial charge in [0, 0.05) is 4.88 Å². The van der Waals surface area contributed by atoms with Crippen molar-refractivity contribution >= 4 is 33.2 Å². The summed E-state index contributed by atoms with van der Waals surface area (Å²) in [4.78, 5) is 12.3. The Kier molecular flexibility index (Phi) is 2.67. The van der Waals surface area contributed by atoms with E-state index in [4.69, 9.17) is 5.11 Å². The van der Waals surface area contributed by atoms with E-state index in [1.807, 2.05) is 0 Å². The number of aromatic carboxylic acids is 1. The Hall–Kier alpha value is -0.350. The average Bonchev–Trinajstić information content (AvgIpc) is 2.37. The fourth-order valence-corrected chi connectivity index (χ4v) is 4.40. The summed E-state index contributed by atoms with van der Waals surface area (Å²) >= 11 is 4.94. The molecule has 0 amide bonds. The zero-order valence-electron chi connectivity index (χ0n) is 8.76. The van der Waals surface area contributed by atoms with Crippen LogP contribution in [0.25, 0.3) is 0 Å². The number of hydrogen-bond donors (Lipinski definition) is 1. The van der Waals surface area contributed by atoms with E-state index >= 15 is 0 Å². The zero-order valence-corrected chi connectivity index (χ0v) is 11.2. The van der Waals surface area contributed by atoms with Crippen molar-refractivity contribution < 1.29 is 9.90 Å². The van der Waals surface area contributed by atoms with Gasteiger partial charge in [0.25, 0.3) is 0 Å². The molecule has 2 nitrogen and oxygen atoms in total. The average molecular weight is 289 g/mol. The van der Waals surface area contributed by atoms with Crippen molar-refractivity contribution in [3.63, 3.8) is 0 Å². The Bertz CT molecular complexity index is 420. The van der Waals surface area contributed by atoms with Crippen LogP contribution in [0.5, 0.6) is 0 Å². The van der Waals surface area contributed by atoms with Crippen molar-refractivity contribution in [3.05, 3.63) is 19.8 Å². The molecule has 0 aliphatic heterocycles. The molecule has 0 aromatic carbocycles. The first-order valence-corrected chi connectivity index (χ1v) is 6.55. The maximum atomic E-state index is 11.1. The predicted octanol–water partition coefficient (Wildman–Crippen LogP) is 3.72. The van der Waals surface area contributed by atoms with Gasteiger partial charge in [0.1, 0.15) is 0 Å². The third-order valence-corrected chi connectivity index (χ3v) is 4.86. The van der Waals surface area contributed by atoms with Crippen LogP contribution < -0.4 is 0 Å². The summed E-state index contributed by atoms with van der Waals surface area (Å²) in [5.74, 6) is -0.806. The molecular weight excluding hydrogens is 276 g/mol. The Morgan fingerprint density at radius 1 is 1.53 bits per heavy atom. The lowest BCUT2D eigenvalue weighted by atomic mass is 9.77. The lowest BCUT2D eigenvalue weighted by Crippen LogP contribution is -2.21. The molecule has 1 aliphatic carbocycles. The molecule has 0 radical (unpaired) electrons. The summed E-state index contributed by atoms with van der Waals surface area (Å²) in [6.45, 7) is 4.48. The smallest absolute Gasteiger partial charge is 0.338 e. The minimum Gasteiger partial charge on any atom is -0.478 e. The molecule has 2 rings (SSSR count). The first kappa shape index (κ1) is 11.1. The molecular formula is C11H13BrO2S. The van der Waals surface area contributed by atoms with E-state index in [0.717, 1.165) is 28.6 Å². The van der Waals surface area contributed by atoms with Crippen LogP contribution in [0.2, 0.25) is 0 Å². The second-order valence-corrected chi connectivity index (χ2v) is 7.22. The van der Waals surface area contributed by atoms with Crippen LogP contribution in [-0.4, -0.2) is 11.1 Å². The van der Waals surface area contributed by atoms with Crippen molar-refractivity contribution in [2.45, 2.75) is 33.1 Å². The molecule has 1 N–H and O–H groups in total. The van der Waals surface area contributed by atoms with Crippen LogP contribution in [0, 0.1) is 5.41 Å². The van der Waals surface area contributed by atoms with E-state index in [1.165, 1.54) is 4.88 Å². The molecule has 0 saturated heterocycles. The van der Waals surface area contributed by atoms with Crippen LogP contribution in [0.3, 0.4) is 0 Å². The molecule has 1 aliphatic rings. The number of rotatable bonds is 1. The van der Waals surface area contributed by atoms with Gasteiger partial charge in [-0.3, -0.25) is 0 Å². The molecule has 0 atom stereocenters. The molecule has 0 bridgehead atoms. The molecule has 1 aromatic heterocycles. The number of thiophene rings is 1. The van der Waals surface area contributed by atoms with Crippen LogP contribution in [0.15, 0.2) is 3.79 Å². The summed E-state index contributed by atoms with van der Waals surface area (Å²) in [5.41, 5.74) is 1.86. The zero-order chi connectivity index (χ0) is 11.2. The topological polar surface area (TPSA) is 37.3 Å². The van der Waals surface area contributed by atoms with E-state index in [1.54, 1.807) is 11.3 Å². The summed E-state index contributed by atoms with van der Waals surface area (Å²) in [6.07, 6.45) is 2.97. The highest BCUT2D eigenvalue weighted by Gasteiger charge is 2.31. The first-order valence-electron chi connectivity index (χ1n) is 4.94. The van der Waals surface area contributed by atoms with Crippen molar-refractivity contribution in [1.82, 2.24) is 0 Å². The second-order valence-electron chi connectivity index (χ2n) is 4.80. The lowest BCUT2D eigenvalue weighted by molar-refractivity contribution is 0.0694. The van der Waals surface area contributed by atoms with Gasteiger partial charge in [-0.15, -0.1) is 11.3 Å². The number of hydrogen-bond acceptors (Lipinski definition) is 2. The van der Waals surface area contributed by atoms with Gasteiger partial charge >= 0.3 is 5.97 Å². The molecule has 4 heteroatoms. The number of carbonyl (C=O) groups is 1. The van der Waals surface area contributed by atoms with Gasteiger partial charge in [0.05, 0.1) is 9.35 Å².